The van der Waals surface area contributed by atoms with Crippen molar-refractivity contribution in [1.29, 1.82) is 0 Å². The molecular formula is C20H20F3N3O4. The number of likely N-dealkylation sites (tertiary alicyclic amines) is 1. The van der Waals surface area contributed by atoms with E-state index in [4.69, 9.17) is 14.2 Å². The maximum absolute atomic E-state index is 13.2. The number of fused-ring (bicyclic) bond motifs is 1. The van der Waals surface area contributed by atoms with E-state index < -0.39 is 35.5 Å². The third-order valence-corrected chi connectivity index (χ3v) is 4.99. The lowest BCUT2D eigenvalue weighted by atomic mass is 10.1. The molecule has 30 heavy (non-hydrogen) atoms. The third-order valence-electron chi connectivity index (χ3n) is 4.99. The lowest BCUT2D eigenvalue weighted by molar-refractivity contribution is -0.141. The fourth-order valence-corrected chi connectivity index (χ4v) is 3.50. The number of hydrogen-bond acceptors (Lipinski definition) is 6. The van der Waals surface area contributed by atoms with Crippen LogP contribution in [0.15, 0.2) is 36.7 Å². The van der Waals surface area contributed by atoms with Crippen LogP contribution in [0.4, 0.5) is 13.2 Å². The van der Waals surface area contributed by atoms with Crippen LogP contribution in [0.2, 0.25) is 0 Å². The summed E-state index contributed by atoms with van der Waals surface area (Å²) in [4.78, 5) is 21.6. The van der Waals surface area contributed by atoms with E-state index in [-0.39, 0.29) is 32.4 Å². The number of ether oxygens (including phenoxy) is 3. The molecule has 0 spiro atoms. The maximum Gasteiger partial charge on any atom is 0.434 e. The number of pyridine rings is 2. The first-order valence-electron chi connectivity index (χ1n) is 9.45. The minimum Gasteiger partial charge on any atom is -0.484 e. The van der Waals surface area contributed by atoms with Crippen molar-refractivity contribution >= 4 is 5.91 Å². The number of halogens is 3. The van der Waals surface area contributed by atoms with E-state index in [0.29, 0.717) is 5.75 Å². The van der Waals surface area contributed by atoms with Crippen molar-refractivity contribution in [2.45, 2.75) is 31.4 Å². The van der Waals surface area contributed by atoms with Gasteiger partial charge >= 0.3 is 6.18 Å². The van der Waals surface area contributed by atoms with Crippen LogP contribution in [0.1, 0.15) is 21.7 Å². The standard InChI is InChI=1S/C20H20F3N3O4/c1-12-4-5-13(7-25-12)30-14-10-28-16-8-26(9-17(16)29-11-14)19(27)15-3-2-6-24-18(15)20(21,22)23/h2-7,14,16-17H,8-11H2,1H3/t16-,17-/m0/s1. The summed E-state index contributed by atoms with van der Waals surface area (Å²) < 4.78 is 57.1. The molecule has 0 unspecified atom stereocenters. The maximum atomic E-state index is 13.2. The predicted octanol–water partition coefficient (Wildman–Crippen LogP) is 2.49. The van der Waals surface area contributed by atoms with Gasteiger partial charge in [0, 0.05) is 25.0 Å². The quantitative estimate of drug-likeness (QED) is 0.755. The zero-order chi connectivity index (χ0) is 21.3. The minimum atomic E-state index is -4.71. The molecular weight excluding hydrogens is 403 g/mol. The van der Waals surface area contributed by atoms with E-state index in [2.05, 4.69) is 9.97 Å². The molecule has 10 heteroatoms. The first-order chi connectivity index (χ1) is 14.3. The Hall–Kier alpha value is -2.72. The second kappa shape index (κ2) is 8.19. The molecule has 2 aromatic heterocycles. The molecule has 2 saturated heterocycles. The second-order valence-corrected chi connectivity index (χ2v) is 7.23. The monoisotopic (exact) mass is 423 g/mol. The summed E-state index contributed by atoms with van der Waals surface area (Å²) in [6.07, 6.45) is -3.30. The molecule has 2 aliphatic heterocycles. The Bertz CT molecular complexity index is 891. The number of carbonyl (C=O) groups excluding carboxylic acids is 1. The summed E-state index contributed by atoms with van der Waals surface area (Å²) in [7, 11) is 0. The van der Waals surface area contributed by atoms with Crippen molar-refractivity contribution in [3.8, 4) is 5.75 Å². The number of amides is 1. The molecule has 2 aromatic rings. The number of aromatic nitrogens is 2. The van der Waals surface area contributed by atoms with Crippen LogP contribution in [0.5, 0.6) is 5.75 Å². The second-order valence-electron chi connectivity index (χ2n) is 7.23. The summed E-state index contributed by atoms with van der Waals surface area (Å²) in [6.45, 7) is 2.61. The Morgan fingerprint density at radius 1 is 1.13 bits per heavy atom. The third kappa shape index (κ3) is 4.39. The van der Waals surface area contributed by atoms with Crippen molar-refractivity contribution in [3.05, 3.63) is 53.6 Å². The highest BCUT2D eigenvalue weighted by Gasteiger charge is 2.43. The zero-order valence-electron chi connectivity index (χ0n) is 16.1. The lowest BCUT2D eigenvalue weighted by Crippen LogP contribution is -2.34. The average Bonchev–Trinajstić information content (AvgIpc) is 3.04. The van der Waals surface area contributed by atoms with E-state index >= 15 is 0 Å². The van der Waals surface area contributed by atoms with Crippen LogP contribution in [-0.4, -0.2) is 65.4 Å². The van der Waals surface area contributed by atoms with Gasteiger partial charge < -0.3 is 19.1 Å². The highest BCUT2D eigenvalue weighted by molar-refractivity contribution is 5.95. The Labute approximate surface area is 170 Å². The number of aryl methyl sites for hydroxylation is 1. The fourth-order valence-electron chi connectivity index (χ4n) is 3.50. The van der Waals surface area contributed by atoms with Crippen LogP contribution in [-0.2, 0) is 15.7 Å². The van der Waals surface area contributed by atoms with E-state index in [9.17, 15) is 18.0 Å². The largest absolute Gasteiger partial charge is 0.484 e. The summed E-state index contributed by atoms with van der Waals surface area (Å²) in [5, 5.41) is 0. The van der Waals surface area contributed by atoms with Crippen LogP contribution >= 0.6 is 0 Å². The fraction of sp³-hybridized carbons (Fsp3) is 0.450. The SMILES string of the molecule is Cc1ccc(OC2CO[C@H]3CN(C(=O)c4cccnc4C(F)(F)F)C[C@@H]3OC2)cn1. The topological polar surface area (TPSA) is 73.8 Å². The molecule has 2 aliphatic rings. The number of rotatable bonds is 3. The van der Waals surface area contributed by atoms with Crippen molar-refractivity contribution in [3.63, 3.8) is 0 Å². The molecule has 1 amide bonds. The molecule has 4 heterocycles. The first-order valence-corrected chi connectivity index (χ1v) is 9.45. The lowest BCUT2D eigenvalue weighted by Gasteiger charge is -2.20. The Morgan fingerprint density at radius 2 is 1.83 bits per heavy atom. The van der Waals surface area contributed by atoms with Gasteiger partial charge in [0.2, 0.25) is 0 Å². The van der Waals surface area contributed by atoms with Crippen LogP contribution < -0.4 is 4.74 Å². The van der Waals surface area contributed by atoms with Gasteiger partial charge in [-0.15, -0.1) is 0 Å². The molecule has 0 N–H and O–H groups in total. The van der Waals surface area contributed by atoms with Gasteiger partial charge in [0.1, 0.15) is 24.1 Å². The molecule has 4 rings (SSSR count). The van der Waals surface area contributed by atoms with E-state index in [1.807, 2.05) is 13.0 Å². The van der Waals surface area contributed by atoms with Gasteiger partial charge in [-0.2, -0.15) is 13.2 Å². The highest BCUT2D eigenvalue weighted by atomic mass is 19.4. The molecule has 2 atom stereocenters. The van der Waals surface area contributed by atoms with E-state index in [1.165, 1.54) is 11.0 Å². The normalized spacial score (nSPS) is 22.5. The van der Waals surface area contributed by atoms with Crippen molar-refractivity contribution in [2.24, 2.45) is 0 Å². The highest BCUT2D eigenvalue weighted by Crippen LogP contribution is 2.31. The molecule has 0 aliphatic carbocycles. The van der Waals surface area contributed by atoms with Gasteiger partial charge in [-0.25, -0.2) is 0 Å². The van der Waals surface area contributed by atoms with Crippen molar-refractivity contribution in [1.82, 2.24) is 14.9 Å². The molecule has 7 nitrogen and oxygen atoms in total. The van der Waals surface area contributed by atoms with Gasteiger partial charge in [0.15, 0.2) is 5.69 Å². The average molecular weight is 423 g/mol. The number of hydrogen-bond donors (Lipinski definition) is 0. The minimum absolute atomic E-state index is 0.133. The van der Waals surface area contributed by atoms with E-state index in [1.54, 1.807) is 12.3 Å². The van der Waals surface area contributed by atoms with Gasteiger partial charge in [-0.05, 0) is 31.2 Å². The first kappa shape index (κ1) is 20.5. The predicted molar refractivity (Wildman–Crippen MR) is 98.0 cm³/mol. The molecule has 2 fully saturated rings. The van der Waals surface area contributed by atoms with Crippen LogP contribution in [0, 0.1) is 6.92 Å². The van der Waals surface area contributed by atoms with Gasteiger partial charge in [-0.1, -0.05) is 0 Å². The van der Waals surface area contributed by atoms with Crippen LogP contribution in [0.25, 0.3) is 0 Å². The number of nitrogens with zero attached hydrogens (tertiary/aromatic N) is 3. The summed E-state index contributed by atoms with van der Waals surface area (Å²) >= 11 is 0. The van der Waals surface area contributed by atoms with Gasteiger partial charge in [0.05, 0.1) is 25.0 Å². The Morgan fingerprint density at radius 3 is 2.43 bits per heavy atom. The Kier molecular flexibility index (Phi) is 5.61. The number of carbonyl (C=O) groups is 1. The van der Waals surface area contributed by atoms with Crippen molar-refractivity contribution < 1.29 is 32.2 Å². The smallest absolute Gasteiger partial charge is 0.434 e. The summed E-state index contributed by atoms with van der Waals surface area (Å²) in [5.74, 6) is -0.146. The summed E-state index contributed by atoms with van der Waals surface area (Å²) in [6, 6.07) is 6.08. The molecule has 0 saturated carbocycles. The molecule has 0 bridgehead atoms. The Balaban J connectivity index is 1.39. The van der Waals surface area contributed by atoms with Gasteiger partial charge in [0.25, 0.3) is 5.91 Å². The zero-order valence-corrected chi connectivity index (χ0v) is 16.1. The molecule has 0 radical (unpaired) electrons. The summed E-state index contributed by atoms with van der Waals surface area (Å²) in [5.41, 5.74) is -0.795. The molecule has 0 aromatic carbocycles. The van der Waals surface area contributed by atoms with Crippen molar-refractivity contribution in [2.75, 3.05) is 26.3 Å². The van der Waals surface area contributed by atoms with Crippen LogP contribution in [0.3, 0.4) is 0 Å². The number of alkyl halides is 3. The van der Waals surface area contributed by atoms with E-state index in [0.717, 1.165) is 18.0 Å². The van der Waals surface area contributed by atoms with Gasteiger partial charge in [-0.3, -0.25) is 14.8 Å². The molecule has 160 valence electrons.